The third-order valence-corrected chi connectivity index (χ3v) is 3.87. The summed E-state index contributed by atoms with van der Waals surface area (Å²) in [6.07, 6.45) is 5.51. The number of rotatable bonds is 2. The van der Waals surface area contributed by atoms with E-state index in [9.17, 15) is 4.79 Å². The van der Waals surface area contributed by atoms with E-state index < -0.39 is 0 Å². The minimum absolute atomic E-state index is 0.0888. The van der Waals surface area contributed by atoms with E-state index in [1.165, 1.54) is 0 Å². The predicted molar refractivity (Wildman–Crippen MR) is 75.5 cm³/mol. The molecule has 1 aliphatic rings. The molecule has 1 amide bonds. The third-order valence-electron chi connectivity index (χ3n) is 3.87. The smallest absolute Gasteiger partial charge is 0.256 e. The van der Waals surface area contributed by atoms with Crippen molar-refractivity contribution in [2.45, 2.75) is 6.04 Å². The Morgan fingerprint density at radius 3 is 2.90 bits per heavy atom. The van der Waals surface area contributed by atoms with Gasteiger partial charge in [-0.25, -0.2) is 0 Å². The Bertz CT molecular complexity index is 753. The van der Waals surface area contributed by atoms with Crippen molar-refractivity contribution < 1.29 is 4.79 Å². The van der Waals surface area contributed by atoms with E-state index >= 15 is 0 Å². The van der Waals surface area contributed by atoms with Gasteiger partial charge in [-0.05, 0) is 12.1 Å². The molecule has 4 rings (SSSR count). The van der Waals surface area contributed by atoms with Crippen LogP contribution >= 0.6 is 0 Å². The Morgan fingerprint density at radius 1 is 1.25 bits per heavy atom. The van der Waals surface area contributed by atoms with Crippen LogP contribution in [0, 0.1) is 0 Å². The van der Waals surface area contributed by atoms with Crippen LogP contribution in [0.4, 0.5) is 0 Å². The van der Waals surface area contributed by atoms with Gasteiger partial charge in [-0.1, -0.05) is 18.2 Å². The Kier molecular flexibility index (Phi) is 2.39. The Labute approximate surface area is 115 Å². The summed E-state index contributed by atoms with van der Waals surface area (Å²) >= 11 is 0. The molecular formula is C15H14N4O. The number of nitrogens with zero attached hydrogens (tertiary/aromatic N) is 3. The van der Waals surface area contributed by atoms with Crippen LogP contribution in [0.2, 0.25) is 0 Å². The lowest BCUT2D eigenvalue weighted by Crippen LogP contribution is -2.50. The maximum atomic E-state index is 12.5. The maximum Gasteiger partial charge on any atom is 0.256 e. The molecule has 1 N–H and O–H groups in total. The Morgan fingerprint density at radius 2 is 2.10 bits per heavy atom. The number of hydrogen-bond acceptors (Lipinski definition) is 2. The Balaban J connectivity index is 1.54. The number of aromatic amines is 1. The van der Waals surface area contributed by atoms with Gasteiger partial charge in [0, 0.05) is 42.6 Å². The zero-order valence-electron chi connectivity index (χ0n) is 10.9. The molecule has 0 aliphatic carbocycles. The number of carbonyl (C=O) groups is 1. The first-order valence-corrected chi connectivity index (χ1v) is 6.67. The number of carbonyl (C=O) groups excluding carboxylic acids is 1. The average Bonchev–Trinajstić information content (AvgIpc) is 3.05. The quantitative estimate of drug-likeness (QED) is 0.772. The molecule has 5 nitrogen and oxygen atoms in total. The van der Waals surface area contributed by atoms with Gasteiger partial charge in [0.2, 0.25) is 0 Å². The van der Waals surface area contributed by atoms with Crippen molar-refractivity contribution in [2.24, 2.45) is 0 Å². The summed E-state index contributed by atoms with van der Waals surface area (Å²) in [4.78, 5) is 17.5. The minimum atomic E-state index is 0.0888. The molecule has 1 saturated heterocycles. The molecule has 20 heavy (non-hydrogen) atoms. The van der Waals surface area contributed by atoms with Crippen molar-refractivity contribution in [1.29, 1.82) is 0 Å². The molecule has 0 radical (unpaired) electrons. The largest absolute Gasteiger partial charge is 0.360 e. The van der Waals surface area contributed by atoms with Gasteiger partial charge in [0.25, 0.3) is 5.91 Å². The highest BCUT2D eigenvalue weighted by molar-refractivity contribution is 6.06. The van der Waals surface area contributed by atoms with Gasteiger partial charge < -0.3 is 9.88 Å². The monoisotopic (exact) mass is 266 g/mol. The number of likely N-dealkylation sites (tertiary alicyclic amines) is 1. The second-order valence-electron chi connectivity index (χ2n) is 5.10. The number of hydrogen-bond donors (Lipinski definition) is 1. The van der Waals surface area contributed by atoms with Crippen molar-refractivity contribution >= 4 is 16.8 Å². The van der Waals surface area contributed by atoms with E-state index in [1.807, 2.05) is 46.1 Å². The number of aromatic nitrogens is 3. The van der Waals surface area contributed by atoms with Crippen LogP contribution < -0.4 is 0 Å². The van der Waals surface area contributed by atoms with Gasteiger partial charge in [0.15, 0.2) is 0 Å². The molecule has 3 aromatic rings. The highest BCUT2D eigenvalue weighted by Gasteiger charge is 2.33. The summed E-state index contributed by atoms with van der Waals surface area (Å²) < 4.78 is 1.92. The van der Waals surface area contributed by atoms with E-state index in [0.717, 1.165) is 29.6 Å². The molecule has 0 saturated carbocycles. The van der Waals surface area contributed by atoms with E-state index in [4.69, 9.17) is 0 Å². The number of benzene rings is 1. The molecular weight excluding hydrogens is 252 g/mol. The number of fused-ring (bicyclic) bond motifs is 1. The van der Waals surface area contributed by atoms with Crippen LogP contribution in [-0.4, -0.2) is 38.7 Å². The normalized spacial score (nSPS) is 15.5. The molecule has 0 bridgehead atoms. The molecule has 1 aromatic carbocycles. The highest BCUT2D eigenvalue weighted by atomic mass is 16.2. The van der Waals surface area contributed by atoms with E-state index in [-0.39, 0.29) is 5.91 Å². The molecule has 1 fully saturated rings. The molecule has 2 aromatic heterocycles. The predicted octanol–water partition coefficient (Wildman–Crippen LogP) is 2.06. The fourth-order valence-corrected chi connectivity index (χ4v) is 2.70. The lowest BCUT2D eigenvalue weighted by Gasteiger charge is -2.39. The molecule has 0 unspecified atom stereocenters. The molecule has 0 spiro atoms. The van der Waals surface area contributed by atoms with Crippen molar-refractivity contribution in [1.82, 2.24) is 19.7 Å². The van der Waals surface area contributed by atoms with Crippen LogP contribution in [0.1, 0.15) is 16.4 Å². The maximum absolute atomic E-state index is 12.5. The highest BCUT2D eigenvalue weighted by Crippen LogP contribution is 2.25. The van der Waals surface area contributed by atoms with Gasteiger partial charge in [-0.15, -0.1) is 0 Å². The van der Waals surface area contributed by atoms with Gasteiger partial charge in [-0.3, -0.25) is 9.48 Å². The lowest BCUT2D eigenvalue weighted by molar-refractivity contribution is 0.0503. The van der Waals surface area contributed by atoms with Gasteiger partial charge >= 0.3 is 0 Å². The van der Waals surface area contributed by atoms with Crippen LogP contribution in [-0.2, 0) is 0 Å². The van der Waals surface area contributed by atoms with Crippen LogP contribution in [0.25, 0.3) is 10.9 Å². The fraction of sp³-hybridized carbons (Fsp3) is 0.200. The molecule has 3 heterocycles. The first-order chi connectivity index (χ1) is 9.83. The minimum Gasteiger partial charge on any atom is -0.360 e. The van der Waals surface area contributed by atoms with Crippen molar-refractivity contribution in [2.75, 3.05) is 13.1 Å². The van der Waals surface area contributed by atoms with Crippen molar-refractivity contribution in [3.8, 4) is 0 Å². The summed E-state index contributed by atoms with van der Waals surface area (Å²) in [6, 6.07) is 10.1. The van der Waals surface area contributed by atoms with Crippen LogP contribution in [0.3, 0.4) is 0 Å². The summed E-state index contributed by atoms with van der Waals surface area (Å²) in [6.45, 7) is 1.44. The topological polar surface area (TPSA) is 53.9 Å². The number of nitrogens with one attached hydrogen (secondary N) is 1. The summed E-state index contributed by atoms with van der Waals surface area (Å²) in [5.41, 5.74) is 1.75. The molecule has 5 heteroatoms. The third kappa shape index (κ3) is 1.63. The van der Waals surface area contributed by atoms with E-state index in [0.29, 0.717) is 6.04 Å². The molecule has 0 atom stereocenters. The standard InChI is InChI=1S/C15H14N4O/c20-15(13-8-16-14-5-2-1-4-12(13)14)18-9-11(10-18)19-7-3-6-17-19/h1-8,11,16H,9-10H2. The molecule has 100 valence electrons. The fourth-order valence-electron chi connectivity index (χ4n) is 2.70. The van der Waals surface area contributed by atoms with Crippen molar-refractivity contribution in [3.63, 3.8) is 0 Å². The van der Waals surface area contributed by atoms with Gasteiger partial charge in [0.05, 0.1) is 11.6 Å². The van der Waals surface area contributed by atoms with E-state index in [2.05, 4.69) is 10.1 Å². The van der Waals surface area contributed by atoms with Crippen LogP contribution in [0.15, 0.2) is 48.9 Å². The summed E-state index contributed by atoms with van der Waals surface area (Å²) in [5.74, 6) is 0.0888. The van der Waals surface area contributed by atoms with E-state index in [1.54, 1.807) is 12.4 Å². The second kappa shape index (κ2) is 4.23. The second-order valence-corrected chi connectivity index (χ2v) is 5.10. The number of para-hydroxylation sites is 1. The first kappa shape index (κ1) is 11.3. The summed E-state index contributed by atoms with van der Waals surface area (Å²) in [5, 5.41) is 5.20. The zero-order valence-corrected chi connectivity index (χ0v) is 10.9. The number of amides is 1. The lowest BCUT2D eigenvalue weighted by atomic mass is 10.1. The van der Waals surface area contributed by atoms with Gasteiger partial charge in [-0.2, -0.15) is 5.10 Å². The van der Waals surface area contributed by atoms with Crippen LogP contribution in [0.5, 0.6) is 0 Å². The van der Waals surface area contributed by atoms with Gasteiger partial charge in [0.1, 0.15) is 0 Å². The SMILES string of the molecule is O=C(c1c[nH]c2ccccc12)N1CC(n2cccn2)C1. The summed E-state index contributed by atoms with van der Waals surface area (Å²) in [7, 11) is 0. The Hall–Kier alpha value is -2.56. The zero-order chi connectivity index (χ0) is 13.5. The molecule has 1 aliphatic heterocycles. The average molecular weight is 266 g/mol. The first-order valence-electron chi connectivity index (χ1n) is 6.67. The van der Waals surface area contributed by atoms with Crippen molar-refractivity contribution in [3.05, 3.63) is 54.5 Å². The number of H-pyrrole nitrogens is 1.